The van der Waals surface area contributed by atoms with Crippen molar-refractivity contribution in [2.75, 3.05) is 0 Å². The van der Waals surface area contributed by atoms with Crippen molar-refractivity contribution >= 4 is 21.7 Å². The zero-order valence-electron chi connectivity index (χ0n) is 17.1. The molecule has 0 amide bonds. The number of carboxylic acid groups (broad SMARTS) is 1. The number of nitrogens with zero attached hydrogens (tertiary/aromatic N) is 1. The standard InChI is InChI=1S/C23H29NO4S/c1-3-4-5-8-22(24-29(27,28)21-16-10-18(2)11-17-21)20-14-12-19(13-15-20)7-6-9-23(25)26/h10-17H,3-9H2,1-2H3,(H,25,26). The molecule has 2 aromatic rings. The molecule has 0 spiro atoms. The molecular weight excluding hydrogens is 386 g/mol. The van der Waals surface area contributed by atoms with Crippen LogP contribution in [0.2, 0.25) is 0 Å². The first-order valence-electron chi connectivity index (χ1n) is 10.0. The van der Waals surface area contributed by atoms with E-state index in [4.69, 9.17) is 5.11 Å². The smallest absolute Gasteiger partial charge is 0.303 e. The van der Waals surface area contributed by atoms with Crippen LogP contribution in [0.15, 0.2) is 57.8 Å². The van der Waals surface area contributed by atoms with Gasteiger partial charge < -0.3 is 5.11 Å². The number of rotatable bonds is 11. The molecule has 0 fully saturated rings. The number of carboxylic acids is 1. The fourth-order valence-corrected chi connectivity index (χ4v) is 4.07. The highest BCUT2D eigenvalue weighted by Gasteiger charge is 2.15. The Morgan fingerprint density at radius 1 is 0.931 bits per heavy atom. The van der Waals surface area contributed by atoms with Crippen molar-refractivity contribution in [1.29, 1.82) is 0 Å². The minimum Gasteiger partial charge on any atom is -0.481 e. The van der Waals surface area contributed by atoms with Crippen LogP contribution in [-0.2, 0) is 21.2 Å². The van der Waals surface area contributed by atoms with E-state index in [2.05, 4.69) is 11.3 Å². The molecule has 6 heteroatoms. The van der Waals surface area contributed by atoms with E-state index in [0.717, 1.165) is 36.0 Å². The summed E-state index contributed by atoms with van der Waals surface area (Å²) in [4.78, 5) is 10.8. The Morgan fingerprint density at radius 2 is 1.59 bits per heavy atom. The lowest BCUT2D eigenvalue weighted by Gasteiger charge is -2.09. The van der Waals surface area contributed by atoms with Crippen molar-refractivity contribution in [3.05, 3.63) is 65.2 Å². The molecular formula is C23H29NO4S. The number of hydrogen-bond donors (Lipinski definition) is 1. The molecule has 0 aromatic heterocycles. The molecule has 0 unspecified atom stereocenters. The van der Waals surface area contributed by atoms with Gasteiger partial charge >= 0.3 is 5.97 Å². The van der Waals surface area contributed by atoms with Crippen molar-refractivity contribution in [2.24, 2.45) is 4.40 Å². The topological polar surface area (TPSA) is 83.8 Å². The molecule has 156 valence electrons. The van der Waals surface area contributed by atoms with Gasteiger partial charge in [-0.15, -0.1) is 0 Å². The number of sulfonamides is 1. The summed E-state index contributed by atoms with van der Waals surface area (Å²) < 4.78 is 29.8. The van der Waals surface area contributed by atoms with Crippen LogP contribution in [0.1, 0.15) is 62.1 Å². The summed E-state index contributed by atoms with van der Waals surface area (Å²) in [6.45, 7) is 4.01. The van der Waals surface area contributed by atoms with E-state index in [1.165, 1.54) is 0 Å². The van der Waals surface area contributed by atoms with Gasteiger partial charge in [0.15, 0.2) is 0 Å². The molecule has 0 aliphatic heterocycles. The normalized spacial score (nSPS) is 12.1. The second kappa shape index (κ2) is 10.9. The highest BCUT2D eigenvalue weighted by molar-refractivity contribution is 7.90. The van der Waals surface area contributed by atoms with Crippen molar-refractivity contribution in [2.45, 2.75) is 63.7 Å². The number of carbonyl (C=O) groups is 1. The van der Waals surface area contributed by atoms with Crippen LogP contribution < -0.4 is 0 Å². The maximum atomic E-state index is 12.8. The van der Waals surface area contributed by atoms with Crippen LogP contribution in [-0.4, -0.2) is 25.2 Å². The van der Waals surface area contributed by atoms with Crippen LogP contribution in [0.25, 0.3) is 0 Å². The Kier molecular flexibility index (Phi) is 8.58. The van der Waals surface area contributed by atoms with Gasteiger partial charge in [-0.25, -0.2) is 0 Å². The Labute approximate surface area is 173 Å². The lowest BCUT2D eigenvalue weighted by Crippen LogP contribution is -2.07. The third-order valence-corrected chi connectivity index (χ3v) is 6.04. The Bertz CT molecular complexity index is 930. The zero-order valence-corrected chi connectivity index (χ0v) is 17.9. The van der Waals surface area contributed by atoms with Gasteiger partial charge in [-0.1, -0.05) is 61.7 Å². The molecule has 2 rings (SSSR count). The Balaban J connectivity index is 2.26. The molecule has 1 N–H and O–H groups in total. The van der Waals surface area contributed by atoms with Gasteiger partial charge in [0.05, 0.1) is 10.6 Å². The summed E-state index contributed by atoms with van der Waals surface area (Å²) in [7, 11) is -3.77. The van der Waals surface area contributed by atoms with Gasteiger partial charge in [-0.3, -0.25) is 4.79 Å². The van der Waals surface area contributed by atoms with Crippen molar-refractivity contribution in [1.82, 2.24) is 0 Å². The van der Waals surface area contributed by atoms with E-state index in [0.29, 0.717) is 25.0 Å². The minimum absolute atomic E-state index is 0.139. The van der Waals surface area contributed by atoms with Crippen LogP contribution in [0, 0.1) is 6.92 Å². The largest absolute Gasteiger partial charge is 0.481 e. The molecule has 0 radical (unpaired) electrons. The number of hydrogen-bond acceptors (Lipinski definition) is 3. The van der Waals surface area contributed by atoms with Crippen LogP contribution in [0.5, 0.6) is 0 Å². The number of unbranched alkanes of at least 4 members (excludes halogenated alkanes) is 2. The van der Waals surface area contributed by atoms with Crippen molar-refractivity contribution in [3.8, 4) is 0 Å². The van der Waals surface area contributed by atoms with E-state index in [1.807, 2.05) is 31.2 Å². The van der Waals surface area contributed by atoms with Gasteiger partial charge in [-0.05, 0) is 55.9 Å². The molecule has 2 aromatic carbocycles. The van der Waals surface area contributed by atoms with Gasteiger partial charge in [-0.2, -0.15) is 12.8 Å². The predicted octanol–water partition coefficient (Wildman–Crippen LogP) is 5.16. The molecule has 0 saturated carbocycles. The van der Waals surface area contributed by atoms with E-state index in [9.17, 15) is 13.2 Å². The zero-order chi connectivity index (χ0) is 21.3. The lowest BCUT2D eigenvalue weighted by molar-refractivity contribution is -0.137. The summed E-state index contributed by atoms with van der Waals surface area (Å²) in [5, 5.41) is 8.76. The SMILES string of the molecule is CCCCCC(=NS(=O)(=O)c1ccc(C)cc1)c1ccc(CCCC(=O)O)cc1. The van der Waals surface area contributed by atoms with E-state index >= 15 is 0 Å². The molecule has 0 atom stereocenters. The Morgan fingerprint density at radius 3 is 2.17 bits per heavy atom. The predicted molar refractivity (Wildman–Crippen MR) is 116 cm³/mol. The maximum absolute atomic E-state index is 12.8. The van der Waals surface area contributed by atoms with Crippen LogP contribution in [0.3, 0.4) is 0 Å². The number of aryl methyl sites for hydroxylation is 2. The van der Waals surface area contributed by atoms with Crippen LogP contribution >= 0.6 is 0 Å². The average molecular weight is 416 g/mol. The number of benzene rings is 2. The van der Waals surface area contributed by atoms with Gasteiger partial charge in [0.25, 0.3) is 10.0 Å². The van der Waals surface area contributed by atoms with E-state index in [1.54, 1.807) is 24.3 Å². The molecule has 0 aliphatic carbocycles. The molecule has 0 aliphatic rings. The Hall–Kier alpha value is -2.47. The second-order valence-corrected chi connectivity index (χ2v) is 8.83. The third-order valence-electron chi connectivity index (χ3n) is 4.71. The fourth-order valence-electron chi connectivity index (χ4n) is 3.00. The summed E-state index contributed by atoms with van der Waals surface area (Å²) in [5.74, 6) is -0.798. The summed E-state index contributed by atoms with van der Waals surface area (Å²) in [6, 6.07) is 14.3. The maximum Gasteiger partial charge on any atom is 0.303 e. The fraction of sp³-hybridized carbons (Fsp3) is 0.391. The monoisotopic (exact) mass is 415 g/mol. The highest BCUT2D eigenvalue weighted by atomic mass is 32.2. The van der Waals surface area contributed by atoms with Crippen molar-refractivity contribution in [3.63, 3.8) is 0 Å². The lowest BCUT2D eigenvalue weighted by atomic mass is 10.0. The highest BCUT2D eigenvalue weighted by Crippen LogP contribution is 2.18. The second-order valence-electron chi connectivity index (χ2n) is 7.23. The summed E-state index contributed by atoms with van der Waals surface area (Å²) in [6.07, 6.45) is 4.92. The van der Waals surface area contributed by atoms with Gasteiger partial charge in [0.2, 0.25) is 0 Å². The number of aliphatic carboxylic acids is 1. The minimum atomic E-state index is -3.77. The first kappa shape index (κ1) is 22.8. The molecule has 5 nitrogen and oxygen atoms in total. The average Bonchev–Trinajstić information content (AvgIpc) is 2.68. The molecule has 0 saturated heterocycles. The van der Waals surface area contributed by atoms with E-state index in [-0.39, 0.29) is 11.3 Å². The molecule has 29 heavy (non-hydrogen) atoms. The first-order chi connectivity index (χ1) is 13.8. The van der Waals surface area contributed by atoms with E-state index < -0.39 is 16.0 Å². The van der Waals surface area contributed by atoms with Crippen molar-refractivity contribution < 1.29 is 18.3 Å². The van der Waals surface area contributed by atoms with Gasteiger partial charge in [0, 0.05) is 6.42 Å². The summed E-state index contributed by atoms with van der Waals surface area (Å²) >= 11 is 0. The summed E-state index contributed by atoms with van der Waals surface area (Å²) in [5.41, 5.74) is 3.38. The van der Waals surface area contributed by atoms with Crippen LogP contribution in [0.4, 0.5) is 0 Å². The molecule has 0 heterocycles. The third kappa shape index (κ3) is 7.46. The van der Waals surface area contributed by atoms with Gasteiger partial charge in [0.1, 0.15) is 0 Å². The molecule has 0 bridgehead atoms. The quantitative estimate of drug-likeness (QED) is 0.406. The first-order valence-corrected chi connectivity index (χ1v) is 11.5.